The van der Waals surface area contributed by atoms with Crippen molar-refractivity contribution in [1.82, 2.24) is 4.90 Å². The molecule has 6 nitrogen and oxygen atoms in total. The Morgan fingerprint density at radius 1 is 1.23 bits per heavy atom. The number of para-hydroxylation sites is 1. The summed E-state index contributed by atoms with van der Waals surface area (Å²) in [6.07, 6.45) is 2.60. The van der Waals surface area contributed by atoms with Gasteiger partial charge in [0, 0.05) is 17.4 Å². The second-order valence-electron chi connectivity index (χ2n) is 6.58. The van der Waals surface area contributed by atoms with E-state index in [9.17, 15) is 9.59 Å². The summed E-state index contributed by atoms with van der Waals surface area (Å²) in [5.41, 5.74) is 1.56. The maximum atomic E-state index is 12.8. The summed E-state index contributed by atoms with van der Waals surface area (Å²) in [5.74, 6) is 1.10. The number of halogens is 1. The molecule has 2 aromatic carbocycles. The molecule has 2 amide bonds. The molecule has 2 aliphatic rings. The van der Waals surface area contributed by atoms with Gasteiger partial charge in [-0.2, -0.15) is 0 Å². The molecular weight excluding hydrogens is 488 g/mol. The first-order valence-electron chi connectivity index (χ1n) is 9.20. The van der Waals surface area contributed by atoms with E-state index in [-0.39, 0.29) is 18.6 Å². The first-order chi connectivity index (χ1) is 14.5. The summed E-state index contributed by atoms with van der Waals surface area (Å²) < 4.78 is 12.0. The van der Waals surface area contributed by atoms with Crippen LogP contribution in [-0.2, 0) is 9.59 Å². The molecule has 2 aliphatic heterocycles. The Hall–Kier alpha value is -2.36. The monoisotopic (exact) mass is 504 g/mol. The lowest BCUT2D eigenvalue weighted by Crippen LogP contribution is -2.29. The molecule has 4 rings (SSSR count). The molecule has 1 fully saturated rings. The van der Waals surface area contributed by atoms with Gasteiger partial charge >= 0.3 is 0 Å². The molecule has 1 saturated heterocycles. The second kappa shape index (κ2) is 9.20. The molecule has 0 saturated carbocycles. The standard InChI is InChI=1S/C21H17BrN2O4S2/c22-14-4-1-2-5-15(14)23-19(25)6-3-9-24-20(26)18(30-21(24)29)11-13-7-8-16-17(10-13)28-12-27-16/h1-2,4-5,7-8,10-11H,3,6,9,12H2,(H,23,25). The van der Waals surface area contributed by atoms with Crippen LogP contribution in [0, 0.1) is 0 Å². The zero-order chi connectivity index (χ0) is 21.1. The molecule has 0 radical (unpaired) electrons. The number of amides is 2. The molecule has 0 bridgehead atoms. The number of nitrogens with zero attached hydrogens (tertiary/aromatic N) is 1. The van der Waals surface area contributed by atoms with Gasteiger partial charge in [-0.1, -0.05) is 42.2 Å². The third-order valence-corrected chi connectivity index (χ3v) is 6.57. The minimum absolute atomic E-state index is 0.108. The highest BCUT2D eigenvalue weighted by molar-refractivity contribution is 9.10. The van der Waals surface area contributed by atoms with Crippen molar-refractivity contribution in [3.63, 3.8) is 0 Å². The summed E-state index contributed by atoms with van der Waals surface area (Å²) in [6.45, 7) is 0.599. The summed E-state index contributed by atoms with van der Waals surface area (Å²) in [7, 11) is 0. The van der Waals surface area contributed by atoms with Crippen LogP contribution in [0.5, 0.6) is 11.5 Å². The van der Waals surface area contributed by atoms with Crippen LogP contribution in [-0.4, -0.2) is 34.4 Å². The van der Waals surface area contributed by atoms with Gasteiger partial charge in [-0.3, -0.25) is 14.5 Å². The van der Waals surface area contributed by atoms with Gasteiger partial charge in [0.15, 0.2) is 11.5 Å². The molecule has 9 heteroatoms. The lowest BCUT2D eigenvalue weighted by atomic mass is 10.2. The largest absolute Gasteiger partial charge is 0.454 e. The van der Waals surface area contributed by atoms with Crippen LogP contribution in [0.3, 0.4) is 0 Å². The summed E-state index contributed by atoms with van der Waals surface area (Å²) in [5, 5.41) is 2.86. The zero-order valence-electron chi connectivity index (χ0n) is 15.7. The average Bonchev–Trinajstić information content (AvgIpc) is 3.29. The molecule has 1 N–H and O–H groups in total. The molecule has 2 aromatic rings. The number of hydrogen-bond acceptors (Lipinski definition) is 6. The minimum atomic E-state index is -0.145. The van der Waals surface area contributed by atoms with E-state index in [1.54, 1.807) is 11.0 Å². The van der Waals surface area contributed by atoms with Gasteiger partial charge in [0.05, 0.1) is 10.6 Å². The predicted molar refractivity (Wildman–Crippen MR) is 124 cm³/mol. The highest BCUT2D eigenvalue weighted by Gasteiger charge is 2.31. The van der Waals surface area contributed by atoms with E-state index < -0.39 is 0 Å². The Balaban J connectivity index is 1.33. The number of rotatable bonds is 6. The Bertz CT molecular complexity index is 1060. The van der Waals surface area contributed by atoms with E-state index in [2.05, 4.69) is 21.2 Å². The number of thioether (sulfide) groups is 1. The number of carbonyl (C=O) groups excluding carboxylic acids is 2. The van der Waals surface area contributed by atoms with E-state index in [0.29, 0.717) is 40.1 Å². The van der Waals surface area contributed by atoms with Crippen molar-refractivity contribution < 1.29 is 19.1 Å². The van der Waals surface area contributed by atoms with Gasteiger partial charge in [0.1, 0.15) is 4.32 Å². The smallest absolute Gasteiger partial charge is 0.266 e. The van der Waals surface area contributed by atoms with E-state index in [0.717, 1.165) is 15.7 Å². The van der Waals surface area contributed by atoms with E-state index in [4.69, 9.17) is 21.7 Å². The molecule has 154 valence electrons. The van der Waals surface area contributed by atoms with Crippen LogP contribution < -0.4 is 14.8 Å². The molecule has 0 spiro atoms. The first kappa shape index (κ1) is 20.9. The van der Waals surface area contributed by atoms with Crippen molar-refractivity contribution in [3.05, 3.63) is 57.4 Å². The van der Waals surface area contributed by atoms with Crippen LogP contribution >= 0.6 is 39.9 Å². The Morgan fingerprint density at radius 2 is 2.03 bits per heavy atom. The van der Waals surface area contributed by atoms with Gasteiger partial charge in [-0.25, -0.2) is 0 Å². The van der Waals surface area contributed by atoms with Crippen molar-refractivity contribution in [2.45, 2.75) is 12.8 Å². The summed E-state index contributed by atoms with van der Waals surface area (Å²) in [6, 6.07) is 12.9. The summed E-state index contributed by atoms with van der Waals surface area (Å²) in [4.78, 5) is 27.0. The van der Waals surface area contributed by atoms with Crippen LogP contribution in [0.2, 0.25) is 0 Å². The quantitative estimate of drug-likeness (QED) is 0.450. The highest BCUT2D eigenvalue weighted by atomic mass is 79.9. The van der Waals surface area contributed by atoms with Gasteiger partial charge in [-0.15, -0.1) is 0 Å². The molecule has 0 aliphatic carbocycles. The SMILES string of the molecule is O=C(CCCN1C(=O)C(=Cc2ccc3c(c2)OCO3)SC1=S)Nc1ccccc1Br. The fourth-order valence-electron chi connectivity index (χ4n) is 3.02. The molecular formula is C21H17BrN2O4S2. The number of ether oxygens (including phenoxy) is 2. The lowest BCUT2D eigenvalue weighted by molar-refractivity contribution is -0.122. The molecule has 0 unspecified atom stereocenters. The third kappa shape index (κ3) is 4.69. The third-order valence-electron chi connectivity index (χ3n) is 4.50. The van der Waals surface area contributed by atoms with Crippen LogP contribution in [0.4, 0.5) is 5.69 Å². The first-order valence-corrected chi connectivity index (χ1v) is 11.2. The molecule has 0 aromatic heterocycles. The number of carbonyl (C=O) groups is 2. The van der Waals surface area contributed by atoms with Gasteiger partial charge in [0.25, 0.3) is 5.91 Å². The normalized spacial score (nSPS) is 16.4. The number of hydrogen-bond donors (Lipinski definition) is 1. The zero-order valence-corrected chi connectivity index (χ0v) is 18.9. The van der Waals surface area contributed by atoms with E-state index in [1.807, 2.05) is 42.5 Å². The second-order valence-corrected chi connectivity index (χ2v) is 9.11. The number of benzene rings is 2. The van der Waals surface area contributed by atoms with E-state index >= 15 is 0 Å². The number of anilines is 1. The fraction of sp³-hybridized carbons (Fsp3) is 0.190. The van der Waals surface area contributed by atoms with Crippen LogP contribution in [0.25, 0.3) is 6.08 Å². The van der Waals surface area contributed by atoms with Crippen molar-refractivity contribution >= 4 is 67.8 Å². The minimum Gasteiger partial charge on any atom is -0.454 e. The fourth-order valence-corrected chi connectivity index (χ4v) is 4.71. The Labute approximate surface area is 191 Å². The Kier molecular flexibility index (Phi) is 6.40. The Morgan fingerprint density at radius 3 is 2.87 bits per heavy atom. The van der Waals surface area contributed by atoms with E-state index in [1.165, 1.54) is 11.8 Å². The molecule has 30 heavy (non-hydrogen) atoms. The van der Waals surface area contributed by atoms with Crippen molar-refractivity contribution in [3.8, 4) is 11.5 Å². The molecule has 0 atom stereocenters. The number of nitrogens with one attached hydrogen (secondary N) is 1. The van der Waals surface area contributed by atoms with Gasteiger partial charge in [0.2, 0.25) is 12.7 Å². The van der Waals surface area contributed by atoms with Crippen LogP contribution in [0.1, 0.15) is 18.4 Å². The summed E-state index contributed by atoms with van der Waals surface area (Å²) >= 11 is 10.0. The molecule has 2 heterocycles. The topological polar surface area (TPSA) is 67.9 Å². The van der Waals surface area contributed by atoms with Gasteiger partial charge < -0.3 is 14.8 Å². The van der Waals surface area contributed by atoms with Crippen molar-refractivity contribution in [2.24, 2.45) is 0 Å². The predicted octanol–water partition coefficient (Wildman–Crippen LogP) is 4.80. The lowest BCUT2D eigenvalue weighted by Gasteiger charge is -2.14. The van der Waals surface area contributed by atoms with Crippen molar-refractivity contribution in [1.29, 1.82) is 0 Å². The maximum Gasteiger partial charge on any atom is 0.266 e. The number of fused-ring (bicyclic) bond motifs is 1. The van der Waals surface area contributed by atoms with Gasteiger partial charge in [-0.05, 0) is 58.3 Å². The number of thiocarbonyl (C=S) groups is 1. The van der Waals surface area contributed by atoms with Crippen molar-refractivity contribution in [2.75, 3.05) is 18.7 Å². The highest BCUT2D eigenvalue weighted by Crippen LogP contribution is 2.36. The van der Waals surface area contributed by atoms with Crippen LogP contribution in [0.15, 0.2) is 51.8 Å². The maximum absolute atomic E-state index is 12.8. The average molecular weight is 505 g/mol.